The predicted molar refractivity (Wildman–Crippen MR) is 74.6 cm³/mol. The van der Waals surface area contributed by atoms with E-state index >= 15 is 0 Å². The van der Waals surface area contributed by atoms with Crippen molar-refractivity contribution in [2.45, 2.75) is 39.7 Å². The van der Waals surface area contributed by atoms with Crippen molar-refractivity contribution in [3.63, 3.8) is 0 Å². The quantitative estimate of drug-likeness (QED) is 0.847. The Kier molecular flexibility index (Phi) is 4.58. The number of nitrogens with zero attached hydrogens (tertiary/aromatic N) is 1. The first-order valence-corrected chi connectivity index (χ1v) is 6.30. The van der Waals surface area contributed by atoms with Crippen molar-refractivity contribution in [2.75, 3.05) is 18.5 Å². The average molecular weight is 235 g/mol. The van der Waals surface area contributed by atoms with Gasteiger partial charge in [-0.1, -0.05) is 26.0 Å². The van der Waals surface area contributed by atoms with Crippen LogP contribution in [0.25, 0.3) is 0 Å². The second-order valence-corrected chi connectivity index (χ2v) is 5.93. The molecule has 0 aliphatic heterocycles. The number of benzene rings is 1. The van der Waals surface area contributed by atoms with Gasteiger partial charge in [0.2, 0.25) is 0 Å². The number of hydrogen-bond acceptors (Lipinski definition) is 2. The molecule has 96 valence electrons. The number of anilines is 1. The van der Waals surface area contributed by atoms with E-state index < -0.39 is 5.60 Å². The van der Waals surface area contributed by atoms with Gasteiger partial charge in [0, 0.05) is 19.3 Å². The van der Waals surface area contributed by atoms with Crippen molar-refractivity contribution in [2.24, 2.45) is 5.92 Å². The van der Waals surface area contributed by atoms with Crippen LogP contribution in [0, 0.1) is 5.92 Å². The van der Waals surface area contributed by atoms with E-state index in [2.05, 4.69) is 43.0 Å². The zero-order chi connectivity index (χ0) is 13.1. The van der Waals surface area contributed by atoms with Gasteiger partial charge >= 0.3 is 0 Å². The molecule has 0 radical (unpaired) electrons. The van der Waals surface area contributed by atoms with Gasteiger partial charge in [0.15, 0.2) is 0 Å². The smallest absolute Gasteiger partial charge is 0.0765 e. The van der Waals surface area contributed by atoms with Gasteiger partial charge in [0.25, 0.3) is 0 Å². The lowest BCUT2D eigenvalue weighted by molar-refractivity contribution is 0.0886. The number of aliphatic hydroxyl groups is 1. The lowest BCUT2D eigenvalue weighted by Gasteiger charge is -2.27. The van der Waals surface area contributed by atoms with Crippen LogP contribution in [0.5, 0.6) is 0 Å². The molecule has 0 unspecified atom stereocenters. The molecule has 17 heavy (non-hydrogen) atoms. The van der Waals surface area contributed by atoms with Gasteiger partial charge in [-0.05, 0) is 43.9 Å². The fourth-order valence-electron chi connectivity index (χ4n) is 2.03. The SMILES string of the molecule is CC(C)Cc1ccc(N(C)CC(C)(C)O)cc1. The monoisotopic (exact) mass is 235 g/mol. The Morgan fingerprint density at radius 3 is 2.12 bits per heavy atom. The van der Waals surface area contributed by atoms with Gasteiger partial charge in [-0.15, -0.1) is 0 Å². The summed E-state index contributed by atoms with van der Waals surface area (Å²) in [7, 11) is 2.01. The molecule has 0 spiro atoms. The minimum Gasteiger partial charge on any atom is -0.389 e. The van der Waals surface area contributed by atoms with Crippen LogP contribution in [-0.2, 0) is 6.42 Å². The number of likely N-dealkylation sites (N-methyl/N-ethyl adjacent to an activating group) is 1. The second kappa shape index (κ2) is 5.54. The van der Waals surface area contributed by atoms with Crippen LogP contribution in [0.1, 0.15) is 33.3 Å². The molecule has 1 rings (SSSR count). The van der Waals surface area contributed by atoms with Gasteiger partial charge < -0.3 is 10.0 Å². The zero-order valence-electron chi connectivity index (χ0n) is 11.7. The lowest BCUT2D eigenvalue weighted by Crippen LogP contribution is -2.36. The van der Waals surface area contributed by atoms with E-state index in [0.717, 1.165) is 12.1 Å². The molecular formula is C15H25NO. The van der Waals surface area contributed by atoms with Gasteiger partial charge in [-0.3, -0.25) is 0 Å². The summed E-state index contributed by atoms with van der Waals surface area (Å²) >= 11 is 0. The summed E-state index contributed by atoms with van der Waals surface area (Å²) in [5.41, 5.74) is 1.87. The topological polar surface area (TPSA) is 23.5 Å². The summed E-state index contributed by atoms with van der Waals surface area (Å²) in [6, 6.07) is 8.61. The summed E-state index contributed by atoms with van der Waals surface area (Å²) < 4.78 is 0. The third-order valence-electron chi connectivity index (χ3n) is 2.65. The molecule has 0 aliphatic carbocycles. The molecule has 2 heteroatoms. The molecule has 2 nitrogen and oxygen atoms in total. The standard InChI is InChI=1S/C15H25NO/c1-12(2)10-13-6-8-14(9-7-13)16(5)11-15(3,4)17/h6-9,12,17H,10-11H2,1-5H3. The maximum absolute atomic E-state index is 9.78. The predicted octanol–water partition coefficient (Wildman–Crippen LogP) is 3.09. The Morgan fingerprint density at radius 1 is 1.18 bits per heavy atom. The van der Waals surface area contributed by atoms with Crippen LogP contribution in [0.3, 0.4) is 0 Å². The average Bonchev–Trinajstić information content (AvgIpc) is 2.15. The fraction of sp³-hybridized carbons (Fsp3) is 0.600. The summed E-state index contributed by atoms with van der Waals surface area (Å²) in [6.07, 6.45) is 1.12. The Bertz CT molecular complexity index is 335. The van der Waals surface area contributed by atoms with E-state index in [1.54, 1.807) is 0 Å². The molecule has 0 fully saturated rings. The molecule has 1 aromatic carbocycles. The molecule has 0 aliphatic rings. The van der Waals surface area contributed by atoms with Crippen LogP contribution in [0.4, 0.5) is 5.69 Å². The highest BCUT2D eigenvalue weighted by atomic mass is 16.3. The number of hydrogen-bond donors (Lipinski definition) is 1. The highest BCUT2D eigenvalue weighted by Gasteiger charge is 2.15. The number of rotatable bonds is 5. The molecule has 0 aromatic heterocycles. The van der Waals surface area contributed by atoms with E-state index in [9.17, 15) is 5.11 Å². The lowest BCUT2D eigenvalue weighted by atomic mass is 10.0. The third-order valence-corrected chi connectivity index (χ3v) is 2.65. The second-order valence-electron chi connectivity index (χ2n) is 5.93. The van der Waals surface area contributed by atoms with Crippen LogP contribution in [-0.4, -0.2) is 24.3 Å². The minimum absolute atomic E-state index is 0.635. The van der Waals surface area contributed by atoms with Crippen molar-refractivity contribution in [3.05, 3.63) is 29.8 Å². The fourth-order valence-corrected chi connectivity index (χ4v) is 2.03. The Balaban J connectivity index is 2.67. The van der Waals surface area contributed by atoms with Crippen LogP contribution < -0.4 is 4.90 Å². The van der Waals surface area contributed by atoms with Crippen molar-refractivity contribution in [1.29, 1.82) is 0 Å². The van der Waals surface area contributed by atoms with Crippen molar-refractivity contribution >= 4 is 5.69 Å². The van der Waals surface area contributed by atoms with E-state index in [4.69, 9.17) is 0 Å². The third kappa shape index (κ3) is 5.22. The molecule has 0 heterocycles. The van der Waals surface area contributed by atoms with E-state index in [1.165, 1.54) is 5.56 Å². The van der Waals surface area contributed by atoms with Gasteiger partial charge in [-0.25, -0.2) is 0 Å². The highest BCUT2D eigenvalue weighted by Crippen LogP contribution is 2.18. The molecule has 0 saturated carbocycles. The molecule has 0 amide bonds. The maximum atomic E-state index is 9.78. The summed E-state index contributed by atoms with van der Waals surface area (Å²) in [5.74, 6) is 0.690. The Hall–Kier alpha value is -1.02. The zero-order valence-corrected chi connectivity index (χ0v) is 11.7. The van der Waals surface area contributed by atoms with Crippen LogP contribution >= 0.6 is 0 Å². The molecule has 0 atom stereocenters. The summed E-state index contributed by atoms with van der Waals surface area (Å²) in [5, 5.41) is 9.78. The summed E-state index contributed by atoms with van der Waals surface area (Å²) in [6.45, 7) is 8.76. The highest BCUT2D eigenvalue weighted by molar-refractivity contribution is 5.47. The van der Waals surface area contributed by atoms with Crippen LogP contribution in [0.15, 0.2) is 24.3 Å². The van der Waals surface area contributed by atoms with Crippen molar-refractivity contribution in [1.82, 2.24) is 0 Å². The van der Waals surface area contributed by atoms with Gasteiger partial charge in [-0.2, -0.15) is 0 Å². The Labute approximate surface area is 105 Å². The molecule has 1 N–H and O–H groups in total. The van der Waals surface area contributed by atoms with Crippen molar-refractivity contribution in [3.8, 4) is 0 Å². The van der Waals surface area contributed by atoms with Gasteiger partial charge in [0.1, 0.15) is 0 Å². The Morgan fingerprint density at radius 2 is 1.71 bits per heavy atom. The van der Waals surface area contributed by atoms with Crippen molar-refractivity contribution < 1.29 is 5.11 Å². The minimum atomic E-state index is -0.661. The summed E-state index contributed by atoms with van der Waals surface area (Å²) in [4.78, 5) is 2.08. The normalized spacial score (nSPS) is 11.9. The molecular weight excluding hydrogens is 210 g/mol. The molecule has 0 saturated heterocycles. The maximum Gasteiger partial charge on any atom is 0.0765 e. The first-order chi connectivity index (χ1) is 7.78. The van der Waals surface area contributed by atoms with Gasteiger partial charge in [0.05, 0.1) is 5.60 Å². The first-order valence-electron chi connectivity index (χ1n) is 6.30. The van der Waals surface area contributed by atoms with E-state index in [-0.39, 0.29) is 0 Å². The van der Waals surface area contributed by atoms with E-state index in [1.807, 2.05) is 20.9 Å². The van der Waals surface area contributed by atoms with E-state index in [0.29, 0.717) is 12.5 Å². The molecule has 1 aromatic rings. The molecule has 0 bridgehead atoms. The largest absolute Gasteiger partial charge is 0.389 e. The van der Waals surface area contributed by atoms with Crippen LogP contribution in [0.2, 0.25) is 0 Å². The first kappa shape index (κ1) is 14.0.